The molecule has 7 heteroatoms. The molecule has 1 atom stereocenters. The molecule has 2 aromatic carbocycles. The van der Waals surface area contributed by atoms with Gasteiger partial charge in [0.1, 0.15) is 11.4 Å². The first kappa shape index (κ1) is 21.1. The molecular weight excluding hydrogens is 363 g/mol. The maximum absolute atomic E-state index is 11.8. The molecule has 0 aliphatic rings. The number of aryl methyl sites for hydroxylation is 2. The molecule has 2 aromatic rings. The fraction of sp³-hybridized carbons (Fsp3) is 0.400. The first-order valence-electron chi connectivity index (χ1n) is 8.96. The molecule has 6 nitrogen and oxygen atoms in total. The van der Waals surface area contributed by atoms with Gasteiger partial charge < -0.3 is 14.9 Å². The van der Waals surface area contributed by atoms with E-state index in [0.717, 1.165) is 28.1 Å². The summed E-state index contributed by atoms with van der Waals surface area (Å²) in [6, 6.07) is 9.17. The van der Waals surface area contributed by atoms with E-state index in [9.17, 15) is 14.4 Å². The molecule has 0 saturated carbocycles. The third-order valence-corrected chi connectivity index (χ3v) is 5.97. The van der Waals surface area contributed by atoms with Crippen molar-refractivity contribution < 1.29 is 14.2 Å². The van der Waals surface area contributed by atoms with Crippen LogP contribution in [0.4, 0.5) is 17.1 Å². The van der Waals surface area contributed by atoms with Gasteiger partial charge in [0.05, 0.1) is 0 Å². The summed E-state index contributed by atoms with van der Waals surface area (Å²) < 4.78 is 17.3. The van der Waals surface area contributed by atoms with Crippen LogP contribution < -0.4 is 10.1 Å². The Morgan fingerprint density at radius 2 is 1.81 bits per heavy atom. The van der Waals surface area contributed by atoms with Gasteiger partial charge in [-0.05, 0) is 72.0 Å². The van der Waals surface area contributed by atoms with E-state index in [4.69, 9.17) is 4.74 Å². The van der Waals surface area contributed by atoms with Crippen molar-refractivity contribution in [2.24, 2.45) is 5.18 Å². The van der Waals surface area contributed by atoms with Crippen molar-refractivity contribution in [2.75, 3.05) is 17.8 Å². The van der Waals surface area contributed by atoms with Crippen LogP contribution in [-0.4, -0.2) is 17.4 Å². The van der Waals surface area contributed by atoms with Gasteiger partial charge >= 0.3 is 0 Å². The van der Waals surface area contributed by atoms with E-state index in [1.807, 2.05) is 52.0 Å². The SMILES string of the molecule is CCP(=O)(O)COc1cc(C)c(Nc2ccc(N=O)c(C(C)C)c2)c(C)c1. The van der Waals surface area contributed by atoms with Crippen LogP contribution in [-0.2, 0) is 4.57 Å². The van der Waals surface area contributed by atoms with Gasteiger partial charge in [-0.1, -0.05) is 20.8 Å². The quantitative estimate of drug-likeness (QED) is 0.414. The zero-order valence-electron chi connectivity index (χ0n) is 16.4. The van der Waals surface area contributed by atoms with Crippen LogP contribution in [0.5, 0.6) is 5.75 Å². The second-order valence-corrected chi connectivity index (χ2v) is 9.60. The highest BCUT2D eigenvalue weighted by atomic mass is 31.2. The van der Waals surface area contributed by atoms with E-state index in [1.54, 1.807) is 13.0 Å². The van der Waals surface area contributed by atoms with Crippen molar-refractivity contribution >= 4 is 24.4 Å². The smallest absolute Gasteiger partial charge is 0.236 e. The van der Waals surface area contributed by atoms with Crippen molar-refractivity contribution in [1.82, 2.24) is 0 Å². The minimum atomic E-state index is -3.23. The highest BCUT2D eigenvalue weighted by molar-refractivity contribution is 7.57. The van der Waals surface area contributed by atoms with Crippen LogP contribution in [0.1, 0.15) is 43.4 Å². The number of rotatable bonds is 8. The number of anilines is 2. The largest absolute Gasteiger partial charge is 0.483 e. The fourth-order valence-corrected chi connectivity index (χ4v) is 3.33. The van der Waals surface area contributed by atoms with Gasteiger partial charge in [-0.25, -0.2) is 0 Å². The summed E-state index contributed by atoms with van der Waals surface area (Å²) in [7, 11) is -3.23. The molecule has 0 bridgehead atoms. The molecule has 27 heavy (non-hydrogen) atoms. The van der Waals surface area contributed by atoms with Gasteiger partial charge in [-0.3, -0.25) is 4.57 Å². The minimum absolute atomic E-state index is 0.185. The zero-order chi connectivity index (χ0) is 20.2. The van der Waals surface area contributed by atoms with E-state index in [2.05, 4.69) is 10.5 Å². The Bertz CT molecular complexity index is 857. The van der Waals surface area contributed by atoms with Crippen molar-refractivity contribution in [3.63, 3.8) is 0 Å². The summed E-state index contributed by atoms with van der Waals surface area (Å²) in [5.74, 6) is 0.756. The van der Waals surface area contributed by atoms with Gasteiger partial charge in [0.2, 0.25) is 7.37 Å². The highest BCUT2D eigenvalue weighted by Crippen LogP contribution is 2.40. The predicted molar refractivity (Wildman–Crippen MR) is 111 cm³/mol. The number of nitroso groups, excluding NO2 is 1. The van der Waals surface area contributed by atoms with Crippen LogP contribution in [0.2, 0.25) is 0 Å². The molecule has 0 amide bonds. The lowest BCUT2D eigenvalue weighted by molar-refractivity contribution is 0.350. The van der Waals surface area contributed by atoms with Crippen molar-refractivity contribution in [1.29, 1.82) is 0 Å². The first-order valence-corrected chi connectivity index (χ1v) is 11.0. The lowest BCUT2D eigenvalue weighted by Crippen LogP contribution is -2.03. The van der Waals surface area contributed by atoms with Gasteiger partial charge in [-0.15, -0.1) is 4.91 Å². The second kappa shape index (κ2) is 8.68. The normalized spacial score (nSPS) is 13.3. The highest BCUT2D eigenvalue weighted by Gasteiger charge is 2.17. The Morgan fingerprint density at radius 1 is 1.19 bits per heavy atom. The Labute approximate surface area is 160 Å². The van der Waals surface area contributed by atoms with Gasteiger partial charge in [-0.2, -0.15) is 0 Å². The molecule has 146 valence electrons. The molecule has 0 aliphatic carbocycles. The van der Waals surface area contributed by atoms with E-state index in [-0.39, 0.29) is 18.4 Å². The minimum Gasteiger partial charge on any atom is -0.483 e. The molecule has 0 aliphatic heterocycles. The van der Waals surface area contributed by atoms with Gasteiger partial charge in [0, 0.05) is 17.5 Å². The number of hydrogen-bond acceptors (Lipinski definition) is 5. The number of ether oxygens (including phenoxy) is 1. The Kier molecular flexibility index (Phi) is 6.79. The van der Waals surface area contributed by atoms with Crippen LogP contribution in [0.15, 0.2) is 35.5 Å². The van der Waals surface area contributed by atoms with Gasteiger partial charge in [0.25, 0.3) is 0 Å². The first-order chi connectivity index (χ1) is 12.7. The summed E-state index contributed by atoms with van der Waals surface area (Å²) in [6.45, 7) is 9.61. The van der Waals surface area contributed by atoms with Crippen LogP contribution >= 0.6 is 7.37 Å². The standard InChI is InChI=1S/C20H27N2O4P/c1-6-27(24,25)12-26-17-9-14(4)20(15(5)10-17)21-16-7-8-19(22-23)18(11-16)13(2)3/h7-11,13,21H,6,12H2,1-5H3,(H,24,25). The number of benzene rings is 2. The summed E-state index contributed by atoms with van der Waals surface area (Å²) in [5.41, 5.74) is 5.07. The van der Waals surface area contributed by atoms with Crippen molar-refractivity contribution in [3.05, 3.63) is 51.9 Å². The third kappa shape index (κ3) is 5.41. The number of nitrogens with zero attached hydrogens (tertiary/aromatic N) is 1. The fourth-order valence-electron chi connectivity index (χ4n) is 2.79. The maximum Gasteiger partial charge on any atom is 0.236 e. The predicted octanol–water partition coefficient (Wildman–Crippen LogP) is 6.19. The molecule has 0 aromatic heterocycles. The van der Waals surface area contributed by atoms with Crippen LogP contribution in [0, 0.1) is 18.8 Å². The Balaban J connectivity index is 2.26. The number of nitrogens with one attached hydrogen (secondary N) is 1. The van der Waals surface area contributed by atoms with Crippen molar-refractivity contribution in [3.8, 4) is 5.75 Å². The van der Waals surface area contributed by atoms with E-state index in [0.29, 0.717) is 11.4 Å². The summed E-state index contributed by atoms with van der Waals surface area (Å²) in [4.78, 5) is 20.7. The topological polar surface area (TPSA) is 88.0 Å². The molecule has 2 N–H and O–H groups in total. The summed E-state index contributed by atoms with van der Waals surface area (Å²) in [6.07, 6.45) is 0.00148. The summed E-state index contributed by atoms with van der Waals surface area (Å²) in [5, 5.41) is 6.49. The molecule has 0 heterocycles. The van der Waals surface area contributed by atoms with Crippen molar-refractivity contribution in [2.45, 2.75) is 40.5 Å². The monoisotopic (exact) mass is 390 g/mol. The molecule has 2 rings (SSSR count). The lowest BCUT2D eigenvalue weighted by atomic mass is 10.00. The lowest BCUT2D eigenvalue weighted by Gasteiger charge is -2.17. The average Bonchev–Trinajstić information content (AvgIpc) is 2.63. The van der Waals surface area contributed by atoms with Gasteiger partial charge in [0.15, 0.2) is 6.35 Å². The average molecular weight is 390 g/mol. The van der Waals surface area contributed by atoms with E-state index in [1.165, 1.54) is 0 Å². The van der Waals surface area contributed by atoms with Crippen LogP contribution in [0.25, 0.3) is 0 Å². The van der Waals surface area contributed by atoms with E-state index < -0.39 is 7.37 Å². The van der Waals surface area contributed by atoms with E-state index >= 15 is 0 Å². The molecule has 0 radical (unpaired) electrons. The maximum atomic E-state index is 11.8. The molecule has 1 unspecified atom stereocenters. The Hall–Kier alpha value is -2.17. The molecule has 0 spiro atoms. The molecule has 0 fully saturated rings. The third-order valence-electron chi connectivity index (χ3n) is 4.45. The Morgan fingerprint density at radius 3 is 2.33 bits per heavy atom. The summed E-state index contributed by atoms with van der Waals surface area (Å²) >= 11 is 0. The zero-order valence-corrected chi connectivity index (χ0v) is 17.3. The molecular formula is C20H27N2O4P. The number of hydrogen-bond donors (Lipinski definition) is 2. The van der Waals surface area contributed by atoms with Crippen LogP contribution in [0.3, 0.4) is 0 Å². The second-order valence-electron chi connectivity index (χ2n) is 7.01. The molecule has 0 saturated heterocycles.